The van der Waals surface area contributed by atoms with Crippen LogP contribution >= 0.6 is 23.2 Å². The smallest absolute Gasteiger partial charge is 0.423 e. The van der Waals surface area contributed by atoms with E-state index in [-0.39, 0.29) is 23.5 Å². The molecule has 0 radical (unpaired) electrons. The molecule has 2 aliphatic rings. The Hall–Kier alpha value is -3.58. The first-order valence-corrected chi connectivity index (χ1v) is 13.8. The quantitative estimate of drug-likeness (QED) is 0.164. The summed E-state index contributed by atoms with van der Waals surface area (Å²) in [6, 6.07) is 13.3. The molecule has 0 spiro atoms. The number of hydrogen-bond donors (Lipinski definition) is 2. The predicted octanol–water partition coefficient (Wildman–Crippen LogP) is 5.85. The normalized spacial score (nSPS) is 19.4. The molecule has 43 heavy (non-hydrogen) atoms. The van der Waals surface area contributed by atoms with E-state index in [1.807, 2.05) is 19.9 Å². The van der Waals surface area contributed by atoms with E-state index in [9.17, 15) is 27.4 Å². The summed E-state index contributed by atoms with van der Waals surface area (Å²) in [6.07, 6.45) is -4.12. The zero-order valence-electron chi connectivity index (χ0n) is 22.6. The van der Waals surface area contributed by atoms with Gasteiger partial charge in [-0.1, -0.05) is 46.6 Å². The lowest BCUT2D eigenvalue weighted by Crippen LogP contribution is -2.42. The average Bonchev–Trinajstić information content (AvgIpc) is 3.66. The number of carbonyl (C=O) groups is 1. The van der Waals surface area contributed by atoms with Crippen LogP contribution in [0.25, 0.3) is 5.52 Å². The van der Waals surface area contributed by atoms with Crippen molar-refractivity contribution in [1.82, 2.24) is 9.72 Å². The van der Waals surface area contributed by atoms with Crippen molar-refractivity contribution in [3.05, 3.63) is 105 Å². The topological polar surface area (TPSA) is 84.6 Å². The molecule has 1 atom stereocenters. The Kier molecular flexibility index (Phi) is 7.04. The van der Waals surface area contributed by atoms with E-state index in [1.165, 1.54) is 12.1 Å². The van der Waals surface area contributed by atoms with Crippen molar-refractivity contribution in [2.24, 2.45) is 5.16 Å². The second-order valence-corrected chi connectivity index (χ2v) is 11.7. The van der Waals surface area contributed by atoms with Gasteiger partial charge in [-0.25, -0.2) is 4.39 Å². The van der Waals surface area contributed by atoms with Gasteiger partial charge in [0.05, 0.1) is 38.8 Å². The maximum absolute atomic E-state index is 14.5. The summed E-state index contributed by atoms with van der Waals surface area (Å²) >= 11 is 11.6. The number of hydrogen-bond acceptors (Lipinski definition) is 5. The lowest BCUT2D eigenvalue weighted by Gasteiger charge is -2.29. The van der Waals surface area contributed by atoms with Gasteiger partial charge in [-0.3, -0.25) is 4.79 Å². The molecular weight excluding hydrogens is 612 g/mol. The molecule has 222 valence electrons. The van der Waals surface area contributed by atoms with Crippen LogP contribution in [0.3, 0.4) is 0 Å². The van der Waals surface area contributed by atoms with Crippen molar-refractivity contribution in [2.45, 2.75) is 44.2 Å². The summed E-state index contributed by atoms with van der Waals surface area (Å²) in [4.78, 5) is 18.3. The second kappa shape index (κ2) is 10.3. The lowest BCUT2D eigenvalue weighted by molar-refractivity contribution is -0.275. The largest absolute Gasteiger partial charge is 0.492 e. The third kappa shape index (κ3) is 4.86. The molecular formula is C29H22BCl2F4N3O4. The number of aromatic nitrogens is 1. The molecule has 4 heterocycles. The van der Waals surface area contributed by atoms with Gasteiger partial charge in [-0.2, -0.15) is 13.2 Å². The van der Waals surface area contributed by atoms with Crippen molar-refractivity contribution in [3.63, 3.8) is 0 Å². The molecule has 14 heteroatoms. The molecule has 4 aromatic rings. The molecule has 2 aliphatic heterocycles. The van der Waals surface area contributed by atoms with Gasteiger partial charge in [0.1, 0.15) is 5.71 Å². The van der Waals surface area contributed by atoms with Crippen LogP contribution in [-0.2, 0) is 27.2 Å². The summed E-state index contributed by atoms with van der Waals surface area (Å²) < 4.78 is 64.6. The fourth-order valence-corrected chi connectivity index (χ4v) is 6.02. The van der Waals surface area contributed by atoms with Gasteiger partial charge in [-0.05, 0) is 66.8 Å². The van der Waals surface area contributed by atoms with Crippen LogP contribution < -0.4 is 10.8 Å². The predicted molar refractivity (Wildman–Crippen MR) is 153 cm³/mol. The number of nitrogens with one attached hydrogen (secondary N) is 1. The Labute approximate surface area is 253 Å². The van der Waals surface area contributed by atoms with E-state index in [0.29, 0.717) is 11.0 Å². The molecule has 0 bridgehead atoms. The first kappa shape index (κ1) is 29.5. The molecule has 7 nitrogen and oxygen atoms in total. The minimum atomic E-state index is -4.96. The van der Waals surface area contributed by atoms with Gasteiger partial charge in [0.15, 0.2) is 5.82 Å². The average molecular weight is 634 g/mol. The zero-order valence-corrected chi connectivity index (χ0v) is 24.1. The van der Waals surface area contributed by atoms with Crippen LogP contribution in [0.15, 0.2) is 65.9 Å². The Morgan fingerprint density at radius 1 is 1.14 bits per heavy atom. The first-order chi connectivity index (χ1) is 20.2. The van der Waals surface area contributed by atoms with Crippen molar-refractivity contribution in [1.29, 1.82) is 0 Å². The minimum Gasteiger partial charge on any atom is -0.423 e. The summed E-state index contributed by atoms with van der Waals surface area (Å²) in [5, 5.41) is 15.6. The van der Waals surface area contributed by atoms with Crippen LogP contribution in [-0.4, -0.2) is 34.3 Å². The Morgan fingerprint density at radius 3 is 2.56 bits per heavy atom. The SMILES string of the molecule is CC1(C)OB(O)c2ccc(CNC(=O)c3ccc(C4=NOC(c5cc(Cl)c(F)c(Cl)c5)(C(F)(F)F)C4)n4cccc34)cc21. The highest BCUT2D eigenvalue weighted by atomic mass is 35.5. The fraction of sp³-hybridized carbons (Fsp3) is 0.241. The lowest BCUT2D eigenvalue weighted by atomic mass is 9.78. The second-order valence-electron chi connectivity index (χ2n) is 10.9. The molecule has 0 saturated carbocycles. The van der Waals surface area contributed by atoms with E-state index in [0.717, 1.165) is 23.3 Å². The number of amides is 1. The van der Waals surface area contributed by atoms with Crippen molar-refractivity contribution < 1.29 is 36.9 Å². The van der Waals surface area contributed by atoms with Crippen molar-refractivity contribution >= 4 is 52.9 Å². The monoisotopic (exact) mass is 633 g/mol. The highest BCUT2D eigenvalue weighted by molar-refractivity contribution is 6.61. The van der Waals surface area contributed by atoms with Crippen molar-refractivity contribution in [3.8, 4) is 0 Å². The van der Waals surface area contributed by atoms with E-state index in [4.69, 9.17) is 32.7 Å². The molecule has 0 aliphatic carbocycles. The van der Waals surface area contributed by atoms with Gasteiger partial charge in [0, 0.05) is 18.3 Å². The van der Waals surface area contributed by atoms with E-state index in [2.05, 4.69) is 10.5 Å². The molecule has 0 saturated heterocycles. The van der Waals surface area contributed by atoms with Gasteiger partial charge in [-0.15, -0.1) is 0 Å². The zero-order chi connectivity index (χ0) is 30.9. The maximum atomic E-state index is 14.5. The molecule has 2 aromatic carbocycles. The number of nitrogens with zero attached hydrogens (tertiary/aromatic N) is 2. The molecule has 6 rings (SSSR count). The highest BCUT2D eigenvalue weighted by Crippen LogP contribution is 2.50. The van der Waals surface area contributed by atoms with Crippen LogP contribution in [0.2, 0.25) is 10.0 Å². The van der Waals surface area contributed by atoms with Crippen LogP contribution in [0.4, 0.5) is 17.6 Å². The van der Waals surface area contributed by atoms with E-state index >= 15 is 0 Å². The number of alkyl halides is 3. The van der Waals surface area contributed by atoms with Crippen LogP contribution in [0, 0.1) is 5.82 Å². The summed E-state index contributed by atoms with van der Waals surface area (Å²) in [6.45, 7) is 3.87. The standard InChI is InChI=1S/C29H22BCl2F4N3O4/c1-27(2)18-10-15(5-7-19(18)30(41)42-27)14-37-26(40)17-6-8-24(39-9-3-4-23(17)39)22-13-28(43-38-22,29(34,35)36)16-11-20(31)25(33)21(32)12-16/h3-12,41H,13-14H2,1-2H3,(H,37,40). The molecule has 1 unspecified atom stereocenters. The third-order valence-electron chi connectivity index (χ3n) is 7.76. The summed E-state index contributed by atoms with van der Waals surface area (Å²) in [5.41, 5.74) is -0.912. The number of carbonyl (C=O) groups excluding carboxylic acids is 1. The highest BCUT2D eigenvalue weighted by Gasteiger charge is 2.62. The molecule has 0 fully saturated rings. The number of pyridine rings is 1. The number of benzene rings is 2. The Bertz CT molecular complexity index is 1800. The van der Waals surface area contributed by atoms with Crippen molar-refractivity contribution in [2.75, 3.05) is 0 Å². The van der Waals surface area contributed by atoms with E-state index < -0.39 is 58.3 Å². The van der Waals surface area contributed by atoms with E-state index in [1.54, 1.807) is 34.9 Å². The molecule has 2 aromatic heterocycles. The first-order valence-electron chi connectivity index (χ1n) is 13.1. The number of halogens is 6. The van der Waals surface area contributed by atoms with Gasteiger partial charge < -0.3 is 24.2 Å². The fourth-order valence-electron chi connectivity index (χ4n) is 5.53. The van der Waals surface area contributed by atoms with Crippen LogP contribution in [0.5, 0.6) is 0 Å². The van der Waals surface area contributed by atoms with Gasteiger partial charge >= 0.3 is 13.3 Å². The number of oxime groups is 1. The molecule has 2 N–H and O–H groups in total. The number of fused-ring (bicyclic) bond motifs is 2. The minimum absolute atomic E-state index is 0.0489. The Balaban J connectivity index is 1.26. The van der Waals surface area contributed by atoms with Gasteiger partial charge in [0.2, 0.25) is 0 Å². The van der Waals surface area contributed by atoms with Gasteiger partial charge in [0.25, 0.3) is 11.5 Å². The summed E-state index contributed by atoms with van der Waals surface area (Å²) in [5.74, 6) is -1.45. The number of rotatable bonds is 5. The summed E-state index contributed by atoms with van der Waals surface area (Å²) in [7, 11) is -1.02. The third-order valence-corrected chi connectivity index (χ3v) is 8.31. The Morgan fingerprint density at radius 2 is 1.86 bits per heavy atom. The maximum Gasteiger partial charge on any atom is 0.492 e. The molecule has 1 amide bonds. The van der Waals surface area contributed by atoms with Crippen LogP contribution in [0.1, 0.15) is 53.0 Å².